The molecule has 2 amide bonds. The van der Waals surface area contributed by atoms with Crippen molar-refractivity contribution in [1.82, 2.24) is 15.5 Å². The van der Waals surface area contributed by atoms with Crippen LogP contribution in [0.4, 0.5) is 5.69 Å². The van der Waals surface area contributed by atoms with Gasteiger partial charge in [0.25, 0.3) is 11.1 Å². The van der Waals surface area contributed by atoms with Crippen LogP contribution in [0.3, 0.4) is 0 Å². The van der Waals surface area contributed by atoms with E-state index in [1.807, 2.05) is 56.3 Å². The Hall–Kier alpha value is -3.91. The summed E-state index contributed by atoms with van der Waals surface area (Å²) in [4.78, 5) is 25.3. The van der Waals surface area contributed by atoms with Gasteiger partial charge in [-0.1, -0.05) is 71.4 Å². The van der Waals surface area contributed by atoms with Crippen LogP contribution in [0.1, 0.15) is 27.0 Å². The van der Waals surface area contributed by atoms with E-state index >= 15 is 0 Å². The van der Waals surface area contributed by atoms with E-state index in [4.69, 9.17) is 4.42 Å². The van der Waals surface area contributed by atoms with E-state index in [-0.39, 0.29) is 17.6 Å². The Labute approximate surface area is 208 Å². The Morgan fingerprint density at radius 2 is 1.63 bits per heavy atom. The van der Waals surface area contributed by atoms with Gasteiger partial charge in [0.15, 0.2) is 0 Å². The van der Waals surface area contributed by atoms with Crippen molar-refractivity contribution in [2.24, 2.45) is 0 Å². The lowest BCUT2D eigenvalue weighted by Crippen LogP contribution is -2.27. The SMILES string of the molecule is Cc1cc(C)cc(-c2nnc(SCC(=O)Nc3ccccc3C(=O)NCCc3ccccc3)o2)c1. The minimum absolute atomic E-state index is 0.0679. The molecule has 7 nitrogen and oxygen atoms in total. The largest absolute Gasteiger partial charge is 0.411 e. The standard InChI is InChI=1S/C27H26N4O3S/c1-18-14-19(2)16-21(15-18)26-30-31-27(34-26)35-17-24(32)29-23-11-7-6-10-22(23)25(33)28-13-12-20-8-4-3-5-9-20/h3-11,14-16H,12-13,17H2,1-2H3,(H,28,33)(H,29,32). The molecule has 0 aliphatic carbocycles. The molecule has 0 saturated carbocycles. The van der Waals surface area contributed by atoms with E-state index < -0.39 is 0 Å². The highest BCUT2D eigenvalue weighted by Crippen LogP contribution is 2.25. The van der Waals surface area contributed by atoms with Gasteiger partial charge >= 0.3 is 0 Å². The Balaban J connectivity index is 1.32. The summed E-state index contributed by atoms with van der Waals surface area (Å²) in [7, 11) is 0. The molecule has 35 heavy (non-hydrogen) atoms. The number of hydrogen-bond donors (Lipinski definition) is 2. The molecule has 1 aromatic heterocycles. The molecule has 0 aliphatic rings. The summed E-state index contributed by atoms with van der Waals surface area (Å²) in [5.74, 6) is -0.0271. The second-order valence-corrected chi connectivity index (χ2v) is 9.05. The summed E-state index contributed by atoms with van der Waals surface area (Å²) < 4.78 is 5.72. The summed E-state index contributed by atoms with van der Waals surface area (Å²) in [6.45, 7) is 4.52. The molecule has 0 saturated heterocycles. The molecule has 0 bridgehead atoms. The van der Waals surface area contributed by atoms with E-state index in [0.29, 0.717) is 28.9 Å². The summed E-state index contributed by atoms with van der Waals surface area (Å²) in [5, 5.41) is 14.2. The van der Waals surface area contributed by atoms with Crippen molar-refractivity contribution < 1.29 is 14.0 Å². The Bertz CT molecular complexity index is 1300. The van der Waals surface area contributed by atoms with Crippen LogP contribution < -0.4 is 10.6 Å². The number of nitrogens with one attached hydrogen (secondary N) is 2. The number of anilines is 1. The van der Waals surface area contributed by atoms with Gasteiger partial charge in [-0.3, -0.25) is 9.59 Å². The first-order valence-electron chi connectivity index (χ1n) is 11.2. The minimum atomic E-state index is -0.273. The minimum Gasteiger partial charge on any atom is -0.411 e. The highest BCUT2D eigenvalue weighted by molar-refractivity contribution is 7.99. The summed E-state index contributed by atoms with van der Waals surface area (Å²) in [6.07, 6.45) is 0.728. The molecule has 0 atom stereocenters. The van der Waals surface area contributed by atoms with Crippen molar-refractivity contribution in [3.63, 3.8) is 0 Å². The first kappa shape index (κ1) is 24.2. The van der Waals surface area contributed by atoms with Crippen molar-refractivity contribution in [3.05, 3.63) is 95.1 Å². The number of hydrogen-bond acceptors (Lipinski definition) is 6. The molecule has 0 radical (unpaired) electrons. The predicted octanol–water partition coefficient (Wildman–Crippen LogP) is 5.06. The summed E-state index contributed by atoms with van der Waals surface area (Å²) in [6, 6.07) is 22.9. The lowest BCUT2D eigenvalue weighted by molar-refractivity contribution is -0.113. The number of nitrogens with zero attached hydrogens (tertiary/aromatic N) is 2. The first-order chi connectivity index (χ1) is 17.0. The quantitative estimate of drug-likeness (QED) is 0.321. The van der Waals surface area contributed by atoms with E-state index in [1.165, 1.54) is 0 Å². The van der Waals surface area contributed by atoms with Crippen LogP contribution in [0.2, 0.25) is 0 Å². The van der Waals surface area contributed by atoms with Gasteiger partial charge in [0.05, 0.1) is 17.0 Å². The van der Waals surface area contributed by atoms with Crippen LogP contribution in [0.15, 0.2) is 82.4 Å². The molecule has 3 aromatic carbocycles. The number of amides is 2. The van der Waals surface area contributed by atoms with E-state index in [0.717, 1.165) is 40.4 Å². The van der Waals surface area contributed by atoms with Crippen molar-refractivity contribution in [2.45, 2.75) is 25.5 Å². The number of aryl methyl sites for hydroxylation is 2. The number of carbonyl (C=O) groups excluding carboxylic acids is 2. The molecule has 0 fully saturated rings. The molecule has 4 rings (SSSR count). The monoisotopic (exact) mass is 486 g/mol. The second-order valence-electron chi connectivity index (χ2n) is 8.12. The topological polar surface area (TPSA) is 97.1 Å². The lowest BCUT2D eigenvalue weighted by Gasteiger charge is -2.11. The maximum Gasteiger partial charge on any atom is 0.277 e. The van der Waals surface area contributed by atoms with Crippen LogP contribution in [-0.4, -0.2) is 34.3 Å². The van der Waals surface area contributed by atoms with Crippen LogP contribution >= 0.6 is 11.8 Å². The Morgan fingerprint density at radius 3 is 2.40 bits per heavy atom. The summed E-state index contributed by atoms with van der Waals surface area (Å²) >= 11 is 1.14. The molecular weight excluding hydrogens is 460 g/mol. The molecule has 0 unspecified atom stereocenters. The van der Waals surface area contributed by atoms with Gasteiger partial charge in [0.2, 0.25) is 11.8 Å². The van der Waals surface area contributed by atoms with Crippen molar-refractivity contribution in [2.75, 3.05) is 17.6 Å². The lowest BCUT2D eigenvalue weighted by atomic mass is 10.1. The predicted molar refractivity (Wildman–Crippen MR) is 137 cm³/mol. The van der Waals surface area contributed by atoms with Crippen LogP contribution in [0.25, 0.3) is 11.5 Å². The fourth-order valence-electron chi connectivity index (χ4n) is 3.65. The average molecular weight is 487 g/mol. The number of para-hydroxylation sites is 1. The van der Waals surface area contributed by atoms with E-state index in [2.05, 4.69) is 26.9 Å². The normalized spacial score (nSPS) is 10.7. The maximum absolute atomic E-state index is 12.7. The highest BCUT2D eigenvalue weighted by Gasteiger charge is 2.15. The third-order valence-corrected chi connectivity index (χ3v) is 6.01. The van der Waals surface area contributed by atoms with Gasteiger partial charge in [0.1, 0.15) is 0 Å². The van der Waals surface area contributed by atoms with Crippen molar-refractivity contribution >= 4 is 29.3 Å². The molecule has 8 heteroatoms. The van der Waals surface area contributed by atoms with Gasteiger partial charge in [-0.05, 0) is 50.1 Å². The van der Waals surface area contributed by atoms with Gasteiger partial charge in [-0.2, -0.15) is 0 Å². The van der Waals surface area contributed by atoms with Gasteiger partial charge in [-0.25, -0.2) is 0 Å². The number of benzene rings is 3. The second kappa shape index (κ2) is 11.5. The average Bonchev–Trinajstić information content (AvgIpc) is 3.32. The molecule has 0 aliphatic heterocycles. The van der Waals surface area contributed by atoms with Crippen LogP contribution in [0, 0.1) is 13.8 Å². The van der Waals surface area contributed by atoms with Gasteiger partial charge < -0.3 is 15.1 Å². The zero-order chi connectivity index (χ0) is 24.6. The van der Waals surface area contributed by atoms with Crippen LogP contribution in [-0.2, 0) is 11.2 Å². The fourth-order valence-corrected chi connectivity index (χ4v) is 4.21. The molecule has 1 heterocycles. The summed E-state index contributed by atoms with van der Waals surface area (Å²) in [5.41, 5.74) is 5.07. The van der Waals surface area contributed by atoms with Crippen molar-refractivity contribution in [3.8, 4) is 11.5 Å². The van der Waals surface area contributed by atoms with E-state index in [1.54, 1.807) is 24.3 Å². The Morgan fingerprint density at radius 1 is 0.914 bits per heavy atom. The van der Waals surface area contributed by atoms with Crippen LogP contribution in [0.5, 0.6) is 0 Å². The number of aromatic nitrogens is 2. The van der Waals surface area contributed by atoms with E-state index in [9.17, 15) is 9.59 Å². The van der Waals surface area contributed by atoms with Gasteiger partial charge in [-0.15, -0.1) is 10.2 Å². The number of carbonyl (C=O) groups is 2. The molecule has 4 aromatic rings. The highest BCUT2D eigenvalue weighted by atomic mass is 32.2. The third kappa shape index (κ3) is 6.80. The van der Waals surface area contributed by atoms with Crippen molar-refractivity contribution in [1.29, 1.82) is 0 Å². The molecule has 178 valence electrons. The smallest absolute Gasteiger partial charge is 0.277 e. The molecule has 0 spiro atoms. The number of rotatable bonds is 9. The number of thioether (sulfide) groups is 1. The molecule has 2 N–H and O–H groups in total. The zero-order valence-electron chi connectivity index (χ0n) is 19.6. The third-order valence-electron chi connectivity index (χ3n) is 5.19. The maximum atomic E-state index is 12.7. The first-order valence-corrected chi connectivity index (χ1v) is 12.2. The molecular formula is C27H26N4O3S. The Kier molecular flexibility index (Phi) is 7.95. The zero-order valence-corrected chi connectivity index (χ0v) is 20.4. The fraction of sp³-hybridized carbons (Fsp3) is 0.185. The van der Waals surface area contributed by atoms with Gasteiger partial charge in [0, 0.05) is 12.1 Å².